The van der Waals surface area contributed by atoms with Gasteiger partial charge >= 0.3 is 0 Å². The Kier molecular flexibility index (Phi) is 10.6. The van der Waals surface area contributed by atoms with Gasteiger partial charge in [-0.2, -0.15) is 0 Å². The fourth-order valence-electron chi connectivity index (χ4n) is 11.7. The largest absolute Gasteiger partial charge is 0.310 e. The van der Waals surface area contributed by atoms with E-state index in [-0.39, 0.29) is 16.2 Å². The molecule has 0 spiro atoms. The summed E-state index contributed by atoms with van der Waals surface area (Å²) in [6.07, 6.45) is 4.28. The molecule has 0 atom stereocenters. The van der Waals surface area contributed by atoms with Crippen molar-refractivity contribution in [2.75, 3.05) is 14.7 Å². The first-order valence-electron chi connectivity index (χ1n) is 24.8. The smallest absolute Gasteiger partial charge is 0.197 e. The number of benzene rings is 8. The van der Waals surface area contributed by atoms with Crippen molar-refractivity contribution in [2.24, 2.45) is 10.8 Å². The fourth-order valence-corrected chi connectivity index (χ4v) is 11.7. The molecule has 3 aliphatic rings. The molecule has 8 aromatic rings. The van der Waals surface area contributed by atoms with E-state index in [1.54, 1.807) is 0 Å². The number of hydrogen-bond donors (Lipinski definition) is 0. The van der Waals surface area contributed by atoms with E-state index >= 15 is 0 Å². The van der Waals surface area contributed by atoms with Crippen LogP contribution in [0.4, 0.5) is 51.2 Å². The highest BCUT2D eigenvalue weighted by atomic mass is 15.2. The van der Waals surface area contributed by atoms with Crippen LogP contribution in [0.2, 0.25) is 0 Å². The Morgan fingerprint density at radius 1 is 0.441 bits per heavy atom. The molecule has 1 aliphatic heterocycles. The van der Waals surface area contributed by atoms with E-state index in [0.717, 1.165) is 55.7 Å². The van der Waals surface area contributed by atoms with Gasteiger partial charge in [-0.05, 0) is 167 Å². The van der Waals surface area contributed by atoms with E-state index < -0.39 is 0 Å². The second kappa shape index (κ2) is 16.5. The van der Waals surface area contributed by atoms with Crippen molar-refractivity contribution in [1.82, 2.24) is 0 Å². The predicted octanol–water partition coefficient (Wildman–Crippen LogP) is 15.6. The summed E-state index contributed by atoms with van der Waals surface area (Å²) in [5.41, 5.74) is 25.8. The Morgan fingerprint density at radius 3 is 1.40 bits per heavy atom. The molecule has 1 heterocycles. The van der Waals surface area contributed by atoms with E-state index in [2.05, 4.69) is 247 Å². The molecule has 0 saturated carbocycles. The average Bonchev–Trinajstić information content (AvgIpc) is 3.79. The van der Waals surface area contributed by atoms with Crippen LogP contribution in [-0.4, -0.2) is 7.28 Å². The van der Waals surface area contributed by atoms with Crippen molar-refractivity contribution in [2.45, 2.75) is 93.4 Å². The summed E-state index contributed by atoms with van der Waals surface area (Å²) in [6, 6.07) is 64.6. The number of para-hydroxylation sites is 3. The molecule has 2 bridgehead atoms. The number of anilines is 9. The molecular weight excluding hydrogens is 822 g/mol. The van der Waals surface area contributed by atoms with Gasteiger partial charge in [-0.25, -0.2) is 0 Å². The molecule has 0 N–H and O–H groups in total. The molecule has 338 valence electrons. The predicted molar refractivity (Wildman–Crippen MR) is 293 cm³/mol. The summed E-state index contributed by atoms with van der Waals surface area (Å²) in [5.74, 6) is 0. The van der Waals surface area contributed by atoms with Crippen LogP contribution in [0.3, 0.4) is 0 Å². The molecule has 68 heavy (non-hydrogen) atoms. The van der Waals surface area contributed by atoms with Crippen LogP contribution in [0, 0.1) is 24.7 Å². The number of fused-ring (bicyclic) bond motifs is 6. The Bertz CT molecular complexity index is 3180. The molecule has 0 unspecified atom stereocenters. The number of rotatable bonds is 6. The molecule has 0 amide bonds. The zero-order chi connectivity index (χ0) is 47.1. The molecule has 11 rings (SSSR count). The van der Waals surface area contributed by atoms with E-state index in [0.29, 0.717) is 0 Å². The van der Waals surface area contributed by atoms with Gasteiger partial charge in [0.1, 0.15) is 0 Å². The minimum Gasteiger partial charge on any atom is -0.310 e. The van der Waals surface area contributed by atoms with E-state index in [1.165, 1.54) is 89.4 Å². The lowest BCUT2D eigenvalue weighted by molar-refractivity contribution is 0.392. The van der Waals surface area contributed by atoms with Crippen molar-refractivity contribution in [3.63, 3.8) is 0 Å². The lowest BCUT2D eigenvalue weighted by Crippen LogP contribution is -2.36. The Morgan fingerprint density at radius 2 is 0.897 bits per heavy atom. The molecule has 2 aliphatic carbocycles. The zero-order valence-corrected chi connectivity index (χ0v) is 41.5. The minimum absolute atomic E-state index is 0.0422. The molecule has 0 fully saturated rings. The van der Waals surface area contributed by atoms with Crippen molar-refractivity contribution in [3.05, 3.63) is 209 Å². The van der Waals surface area contributed by atoms with Gasteiger partial charge in [0.15, 0.2) is 7.28 Å². The lowest BCUT2D eigenvalue weighted by Gasteiger charge is -2.38. The van der Waals surface area contributed by atoms with Crippen LogP contribution >= 0.6 is 0 Å². The van der Waals surface area contributed by atoms with Crippen LogP contribution in [0.25, 0.3) is 11.1 Å². The first-order valence-corrected chi connectivity index (χ1v) is 24.8. The second-order valence-corrected chi connectivity index (χ2v) is 22.6. The summed E-state index contributed by atoms with van der Waals surface area (Å²) in [7, 11) is 0.808. The Hall–Kier alpha value is -6.78. The van der Waals surface area contributed by atoms with Gasteiger partial charge < -0.3 is 14.7 Å². The normalized spacial score (nSPS) is 15.5. The van der Waals surface area contributed by atoms with Crippen LogP contribution in [-0.2, 0) is 31.1 Å². The van der Waals surface area contributed by atoms with Gasteiger partial charge in [0.2, 0.25) is 0 Å². The number of hydrogen-bond acceptors (Lipinski definition) is 3. The lowest BCUT2D eigenvalue weighted by atomic mass is 9.61. The van der Waals surface area contributed by atoms with Crippen LogP contribution < -0.4 is 25.6 Å². The van der Waals surface area contributed by atoms with Crippen LogP contribution in [0.15, 0.2) is 170 Å². The van der Waals surface area contributed by atoms with Gasteiger partial charge in [0, 0.05) is 34.0 Å². The maximum Gasteiger partial charge on any atom is 0.197 e. The van der Waals surface area contributed by atoms with Gasteiger partial charge in [0.25, 0.3) is 0 Å². The maximum absolute atomic E-state index is 2.67. The van der Waals surface area contributed by atoms with Crippen LogP contribution in [0.1, 0.15) is 87.4 Å². The second-order valence-electron chi connectivity index (χ2n) is 22.6. The summed E-state index contributed by atoms with van der Waals surface area (Å²) in [6.45, 7) is 21.4. The topological polar surface area (TPSA) is 9.72 Å². The van der Waals surface area contributed by atoms with Crippen molar-refractivity contribution >= 4 is 69.4 Å². The number of aryl methyl sites for hydroxylation is 1. The average molecular weight is 886 g/mol. The monoisotopic (exact) mass is 886 g/mol. The van der Waals surface area contributed by atoms with Crippen molar-refractivity contribution < 1.29 is 0 Å². The number of nitrogens with zero attached hydrogens (tertiary/aromatic N) is 3. The first kappa shape index (κ1) is 43.8. The molecule has 4 heteroatoms. The third kappa shape index (κ3) is 7.92. The van der Waals surface area contributed by atoms with Crippen molar-refractivity contribution in [3.8, 4) is 11.1 Å². The summed E-state index contributed by atoms with van der Waals surface area (Å²) < 4.78 is 0. The van der Waals surface area contributed by atoms with E-state index in [1.807, 2.05) is 0 Å². The minimum atomic E-state index is -0.0422. The molecule has 8 aromatic carbocycles. The Balaban J connectivity index is 1.32. The summed E-state index contributed by atoms with van der Waals surface area (Å²) in [4.78, 5) is 7.75. The van der Waals surface area contributed by atoms with E-state index in [9.17, 15) is 0 Å². The summed E-state index contributed by atoms with van der Waals surface area (Å²) >= 11 is 0. The third-order valence-corrected chi connectivity index (χ3v) is 15.0. The highest BCUT2D eigenvalue weighted by Gasteiger charge is 2.36. The quantitative estimate of drug-likeness (QED) is 0.154. The molecule has 0 saturated heterocycles. The van der Waals surface area contributed by atoms with Gasteiger partial charge in [-0.3, -0.25) is 0 Å². The molecule has 0 radical (unpaired) electrons. The van der Waals surface area contributed by atoms with Gasteiger partial charge in [0.05, 0.1) is 22.7 Å². The summed E-state index contributed by atoms with van der Waals surface area (Å²) in [5, 5.41) is 0. The third-order valence-electron chi connectivity index (χ3n) is 15.0. The first-order chi connectivity index (χ1) is 32.6. The van der Waals surface area contributed by atoms with Gasteiger partial charge in [-0.1, -0.05) is 163 Å². The van der Waals surface area contributed by atoms with Gasteiger partial charge in [-0.15, -0.1) is 0 Å². The van der Waals surface area contributed by atoms with Crippen LogP contribution in [0.5, 0.6) is 0 Å². The van der Waals surface area contributed by atoms with Crippen molar-refractivity contribution in [1.29, 1.82) is 0 Å². The highest BCUT2D eigenvalue weighted by molar-refractivity contribution is 6.70. The molecule has 3 nitrogen and oxygen atoms in total. The highest BCUT2D eigenvalue weighted by Crippen LogP contribution is 2.52. The molecule has 0 aromatic heterocycles. The zero-order valence-electron chi connectivity index (χ0n) is 41.5. The standard InChI is InChI=1S/C64H64BN3/c1-42-21-19-20-28-56(42)67-58-36-52(66(50-24-15-11-16-25-50)51-26-17-12-18-27-51)37-59(43(58)2)68(57-30-29-49(62(3,4)5)35-53(57)44-22-13-10-14-23-44)61-34-48-41-64(8,9)39-46(48)32-55(61)65-54-31-45-38-63(6,7)40-47(45)33-60(54)67/h10-37,65H,38-41H2,1-9H3. The molecular formula is C64H64BN3. The maximum atomic E-state index is 2.67. The van der Waals surface area contributed by atoms with E-state index in [4.69, 9.17) is 0 Å². The SMILES string of the molecule is Cc1ccccc1N1c2cc3c(cc2Bc2cc4c(cc2N(c2ccc(C(C)(C)C)cc2-c2ccccc2)c2cc(N(c5ccccc5)c5ccccc5)cc1c2C)CC(C)(C)C4)CC(C)(C)C3. The Labute approximate surface area is 406 Å². The fraction of sp³-hybridized carbons (Fsp3) is 0.250.